The quantitative estimate of drug-likeness (QED) is 0.911. The Labute approximate surface area is 123 Å². The van der Waals surface area contributed by atoms with Gasteiger partial charge in [0.25, 0.3) is 0 Å². The molecule has 6 heteroatoms. The van der Waals surface area contributed by atoms with Gasteiger partial charge in [0.1, 0.15) is 19.0 Å². The minimum absolute atomic E-state index is 0.387. The lowest BCUT2D eigenvalue weighted by molar-refractivity contribution is 0.171. The number of nitrogens with one attached hydrogen (secondary N) is 1. The first kappa shape index (κ1) is 12.7. The number of benzene rings is 1. The Morgan fingerprint density at radius 2 is 1.89 bits per heavy atom. The van der Waals surface area contributed by atoms with Gasteiger partial charge in [0, 0.05) is 16.6 Å². The fourth-order valence-corrected chi connectivity index (χ4v) is 2.45. The highest BCUT2D eigenvalue weighted by Gasteiger charge is 2.14. The highest BCUT2D eigenvalue weighted by atomic mass is 79.9. The van der Waals surface area contributed by atoms with E-state index < -0.39 is 0 Å². The largest absolute Gasteiger partial charge is 0.486 e. The van der Waals surface area contributed by atoms with Crippen molar-refractivity contribution in [2.45, 2.75) is 6.54 Å². The maximum atomic E-state index is 5.73. The average molecular weight is 345 g/mol. The van der Waals surface area contributed by atoms with Crippen LogP contribution in [-0.2, 0) is 6.54 Å². The van der Waals surface area contributed by atoms with E-state index in [0.717, 1.165) is 27.4 Å². The molecule has 0 fully saturated rings. The molecule has 2 heterocycles. The van der Waals surface area contributed by atoms with E-state index in [4.69, 9.17) is 25.5 Å². The van der Waals surface area contributed by atoms with Crippen LogP contribution in [0.3, 0.4) is 0 Å². The Morgan fingerprint density at radius 3 is 2.58 bits per heavy atom. The maximum Gasteiger partial charge on any atom is 0.193 e. The van der Waals surface area contributed by atoms with Crippen LogP contribution in [-0.4, -0.2) is 13.2 Å². The van der Waals surface area contributed by atoms with Crippen LogP contribution >= 0.6 is 27.5 Å². The molecular weight excluding hydrogens is 334 g/mol. The van der Waals surface area contributed by atoms with Crippen molar-refractivity contribution in [1.82, 2.24) is 0 Å². The van der Waals surface area contributed by atoms with Gasteiger partial charge in [-0.1, -0.05) is 0 Å². The predicted octanol–water partition coefficient (Wildman–Crippen LogP) is 4.08. The summed E-state index contributed by atoms with van der Waals surface area (Å²) in [7, 11) is 0. The second-order valence-corrected chi connectivity index (χ2v) is 5.26. The predicted molar refractivity (Wildman–Crippen MR) is 76.2 cm³/mol. The summed E-state index contributed by atoms with van der Waals surface area (Å²) in [4.78, 5) is 0. The Balaban J connectivity index is 1.77. The topological polar surface area (TPSA) is 43.6 Å². The third-order valence-corrected chi connectivity index (χ3v) is 3.57. The highest BCUT2D eigenvalue weighted by molar-refractivity contribution is 9.10. The summed E-state index contributed by atoms with van der Waals surface area (Å²) in [5, 5.41) is 3.64. The minimum Gasteiger partial charge on any atom is -0.486 e. The fourth-order valence-electron chi connectivity index (χ4n) is 1.83. The first-order chi connectivity index (χ1) is 9.22. The third-order valence-electron chi connectivity index (χ3n) is 2.71. The number of hydrogen-bond acceptors (Lipinski definition) is 4. The van der Waals surface area contributed by atoms with E-state index in [1.807, 2.05) is 18.2 Å². The zero-order valence-corrected chi connectivity index (χ0v) is 12.3. The lowest BCUT2D eigenvalue weighted by atomic mass is 10.2. The molecule has 1 aliphatic heterocycles. The maximum absolute atomic E-state index is 5.73. The van der Waals surface area contributed by atoms with Gasteiger partial charge >= 0.3 is 0 Å². The van der Waals surface area contributed by atoms with Gasteiger partial charge in [-0.15, -0.1) is 0 Å². The van der Waals surface area contributed by atoms with Gasteiger partial charge in [-0.3, -0.25) is 0 Å². The molecule has 0 atom stereocenters. The van der Waals surface area contributed by atoms with Crippen molar-refractivity contribution in [1.29, 1.82) is 0 Å². The second-order valence-electron chi connectivity index (χ2n) is 4.04. The van der Waals surface area contributed by atoms with E-state index in [1.165, 1.54) is 0 Å². The Hall–Kier alpha value is -1.33. The van der Waals surface area contributed by atoms with Crippen molar-refractivity contribution in [2.24, 2.45) is 0 Å². The summed E-state index contributed by atoms with van der Waals surface area (Å²) < 4.78 is 17.3. The first-order valence-electron chi connectivity index (χ1n) is 5.79. The average Bonchev–Trinajstić information content (AvgIpc) is 2.82. The van der Waals surface area contributed by atoms with Crippen molar-refractivity contribution in [3.05, 3.63) is 39.7 Å². The summed E-state index contributed by atoms with van der Waals surface area (Å²) in [5.41, 5.74) is 0.914. The molecular formula is C13H11BrClNO3. The molecule has 0 spiro atoms. The van der Waals surface area contributed by atoms with Crippen molar-refractivity contribution in [3.8, 4) is 11.5 Å². The molecule has 19 heavy (non-hydrogen) atoms. The molecule has 4 nitrogen and oxygen atoms in total. The molecule has 1 aromatic heterocycles. The molecule has 100 valence electrons. The summed E-state index contributed by atoms with van der Waals surface area (Å²) >= 11 is 9.23. The second kappa shape index (κ2) is 5.35. The zero-order valence-electron chi connectivity index (χ0n) is 9.91. The van der Waals surface area contributed by atoms with Gasteiger partial charge in [-0.2, -0.15) is 0 Å². The smallest absolute Gasteiger partial charge is 0.193 e. The molecule has 0 radical (unpaired) electrons. The molecule has 1 aromatic carbocycles. The number of ether oxygens (including phenoxy) is 2. The van der Waals surface area contributed by atoms with Crippen LogP contribution < -0.4 is 14.8 Å². The highest BCUT2D eigenvalue weighted by Crippen LogP contribution is 2.38. The first-order valence-corrected chi connectivity index (χ1v) is 6.97. The van der Waals surface area contributed by atoms with Crippen molar-refractivity contribution in [3.63, 3.8) is 0 Å². The van der Waals surface area contributed by atoms with Gasteiger partial charge in [0.05, 0.1) is 12.2 Å². The normalized spacial score (nSPS) is 13.4. The van der Waals surface area contributed by atoms with E-state index >= 15 is 0 Å². The van der Waals surface area contributed by atoms with E-state index in [-0.39, 0.29) is 0 Å². The fraction of sp³-hybridized carbons (Fsp3) is 0.231. The number of rotatable bonds is 3. The van der Waals surface area contributed by atoms with Crippen molar-refractivity contribution in [2.75, 3.05) is 18.5 Å². The Bertz CT molecular complexity index is 600. The number of hydrogen-bond donors (Lipinski definition) is 1. The molecule has 0 aliphatic carbocycles. The van der Waals surface area contributed by atoms with Crippen LogP contribution in [0.2, 0.25) is 5.22 Å². The van der Waals surface area contributed by atoms with E-state index in [2.05, 4.69) is 21.2 Å². The minimum atomic E-state index is 0.387. The Kier molecular flexibility index (Phi) is 3.57. The molecule has 1 N–H and O–H groups in total. The van der Waals surface area contributed by atoms with Gasteiger partial charge < -0.3 is 19.2 Å². The third kappa shape index (κ3) is 2.82. The number of anilines is 1. The summed E-state index contributed by atoms with van der Waals surface area (Å²) in [5.74, 6) is 2.27. The van der Waals surface area contributed by atoms with Crippen LogP contribution in [0.1, 0.15) is 5.76 Å². The standard InChI is InChI=1S/C13H11BrClNO3/c14-9-5-11-12(18-4-3-17-11)6-10(9)16-7-8-1-2-13(15)19-8/h1-2,5-6,16H,3-4,7H2. The molecule has 0 unspecified atom stereocenters. The van der Waals surface area contributed by atoms with Gasteiger partial charge in [-0.05, 0) is 39.7 Å². The van der Waals surface area contributed by atoms with Crippen LogP contribution in [0.4, 0.5) is 5.69 Å². The van der Waals surface area contributed by atoms with Crippen molar-refractivity contribution >= 4 is 33.2 Å². The van der Waals surface area contributed by atoms with Gasteiger partial charge in [-0.25, -0.2) is 0 Å². The molecule has 2 aromatic rings. The lowest BCUT2D eigenvalue weighted by Crippen LogP contribution is -2.15. The lowest BCUT2D eigenvalue weighted by Gasteiger charge is -2.20. The van der Waals surface area contributed by atoms with Gasteiger partial charge in [0.15, 0.2) is 16.7 Å². The number of fused-ring (bicyclic) bond motifs is 1. The monoisotopic (exact) mass is 343 g/mol. The Morgan fingerprint density at radius 1 is 1.16 bits per heavy atom. The molecule has 0 bridgehead atoms. The van der Waals surface area contributed by atoms with Crippen LogP contribution in [0.5, 0.6) is 11.5 Å². The van der Waals surface area contributed by atoms with E-state index in [1.54, 1.807) is 6.07 Å². The molecule has 0 saturated carbocycles. The van der Waals surface area contributed by atoms with Crippen LogP contribution in [0.15, 0.2) is 33.2 Å². The molecule has 0 saturated heterocycles. The molecule has 0 amide bonds. The summed E-state index contributed by atoms with van der Waals surface area (Å²) in [6, 6.07) is 7.35. The number of halogens is 2. The van der Waals surface area contributed by atoms with Crippen LogP contribution in [0, 0.1) is 0 Å². The summed E-state index contributed by atoms with van der Waals surface area (Å²) in [6.45, 7) is 1.70. The van der Waals surface area contributed by atoms with Crippen LogP contribution in [0.25, 0.3) is 0 Å². The summed E-state index contributed by atoms with van der Waals surface area (Å²) in [6.07, 6.45) is 0. The van der Waals surface area contributed by atoms with Crippen molar-refractivity contribution < 1.29 is 13.9 Å². The SMILES string of the molecule is Clc1ccc(CNc2cc3c(cc2Br)OCCO3)o1. The van der Waals surface area contributed by atoms with E-state index in [9.17, 15) is 0 Å². The van der Waals surface area contributed by atoms with Gasteiger partial charge in [0.2, 0.25) is 0 Å². The molecule has 1 aliphatic rings. The van der Waals surface area contributed by atoms with E-state index in [0.29, 0.717) is 25.0 Å². The molecule has 3 rings (SSSR count). The number of furan rings is 1. The zero-order chi connectivity index (χ0) is 13.2.